The molecule has 6 heteroatoms. The highest BCUT2D eigenvalue weighted by Gasteiger charge is 2.40. The zero-order valence-electron chi connectivity index (χ0n) is 13.2. The molecule has 0 unspecified atom stereocenters. The van der Waals surface area contributed by atoms with E-state index in [-0.39, 0.29) is 0 Å². The zero-order valence-corrected chi connectivity index (χ0v) is 13.2. The summed E-state index contributed by atoms with van der Waals surface area (Å²) in [6.45, 7) is 7.37. The third-order valence-electron chi connectivity index (χ3n) is 5.13. The Hall–Kier alpha value is -1.01. The summed E-state index contributed by atoms with van der Waals surface area (Å²) < 4.78 is 2.00. The minimum absolute atomic E-state index is 0.345. The average Bonchev–Trinajstić information content (AvgIpc) is 2.96. The minimum atomic E-state index is 0.345. The third kappa shape index (κ3) is 3.26. The number of piperazine rings is 1. The van der Waals surface area contributed by atoms with Crippen molar-refractivity contribution in [3.63, 3.8) is 0 Å². The molecule has 1 spiro atoms. The molecule has 0 amide bonds. The van der Waals surface area contributed by atoms with Crippen molar-refractivity contribution in [1.29, 1.82) is 0 Å². The third-order valence-corrected chi connectivity index (χ3v) is 5.13. The Morgan fingerprint density at radius 1 is 1.24 bits per heavy atom. The van der Waals surface area contributed by atoms with Crippen molar-refractivity contribution in [3.05, 3.63) is 5.82 Å². The summed E-state index contributed by atoms with van der Waals surface area (Å²) in [5.74, 6) is 1.04. The fourth-order valence-corrected chi connectivity index (χ4v) is 3.82. The van der Waals surface area contributed by atoms with E-state index in [0.29, 0.717) is 5.54 Å². The second-order valence-corrected chi connectivity index (χ2v) is 6.56. The molecule has 1 saturated heterocycles. The fourth-order valence-electron chi connectivity index (χ4n) is 3.82. The minimum Gasteiger partial charge on any atom is -0.314 e. The number of unbranched alkanes of at least 4 members (excludes halogenated alkanes) is 1. The fraction of sp³-hybridized carbons (Fsp3) is 0.933. The summed E-state index contributed by atoms with van der Waals surface area (Å²) in [4.78, 5) is 2.65. The van der Waals surface area contributed by atoms with Crippen molar-refractivity contribution in [1.82, 2.24) is 30.4 Å². The van der Waals surface area contributed by atoms with Gasteiger partial charge in [0, 0.05) is 31.7 Å². The van der Waals surface area contributed by atoms with Crippen LogP contribution < -0.4 is 5.32 Å². The number of hydrogen-bond acceptors (Lipinski definition) is 5. The van der Waals surface area contributed by atoms with Crippen LogP contribution in [0.3, 0.4) is 0 Å². The molecule has 2 heterocycles. The van der Waals surface area contributed by atoms with Crippen LogP contribution in [0.15, 0.2) is 0 Å². The molecule has 6 nitrogen and oxygen atoms in total. The molecule has 118 valence electrons. The standard InChI is InChI=1S/C15H28N6/c1-2-3-10-21-14(17-18-19-21)12-20-11-9-16-13-15(20)7-5-4-6-8-15/h16H,2-13H2,1H3. The van der Waals surface area contributed by atoms with Gasteiger partial charge in [-0.05, 0) is 29.7 Å². The van der Waals surface area contributed by atoms with E-state index in [2.05, 4.69) is 32.7 Å². The van der Waals surface area contributed by atoms with Crippen molar-refractivity contribution >= 4 is 0 Å². The second-order valence-electron chi connectivity index (χ2n) is 6.56. The summed E-state index contributed by atoms with van der Waals surface area (Å²) in [6, 6.07) is 0. The van der Waals surface area contributed by atoms with Gasteiger partial charge in [0.05, 0.1) is 6.54 Å². The first-order chi connectivity index (χ1) is 10.3. The van der Waals surface area contributed by atoms with Crippen molar-refractivity contribution < 1.29 is 0 Å². The van der Waals surface area contributed by atoms with Gasteiger partial charge in [0.15, 0.2) is 5.82 Å². The highest BCUT2D eigenvalue weighted by atomic mass is 15.5. The van der Waals surface area contributed by atoms with Crippen LogP contribution in [0.5, 0.6) is 0 Å². The average molecular weight is 292 g/mol. The molecule has 1 aromatic heterocycles. The van der Waals surface area contributed by atoms with Crippen LogP contribution in [-0.4, -0.2) is 50.3 Å². The SMILES string of the molecule is CCCCn1nnnc1CN1CCNCC12CCCCC2. The van der Waals surface area contributed by atoms with E-state index < -0.39 is 0 Å². The summed E-state index contributed by atoms with van der Waals surface area (Å²) in [6.07, 6.45) is 9.07. The van der Waals surface area contributed by atoms with Gasteiger partial charge in [0.25, 0.3) is 0 Å². The van der Waals surface area contributed by atoms with Crippen molar-refractivity contribution in [2.45, 2.75) is 70.5 Å². The topological polar surface area (TPSA) is 58.9 Å². The summed E-state index contributed by atoms with van der Waals surface area (Å²) in [5.41, 5.74) is 0.345. The Morgan fingerprint density at radius 3 is 2.90 bits per heavy atom. The van der Waals surface area contributed by atoms with E-state index in [4.69, 9.17) is 0 Å². The predicted octanol–water partition coefficient (Wildman–Crippen LogP) is 1.58. The highest BCUT2D eigenvalue weighted by Crippen LogP contribution is 2.35. The quantitative estimate of drug-likeness (QED) is 0.893. The number of hydrogen-bond donors (Lipinski definition) is 1. The van der Waals surface area contributed by atoms with E-state index in [1.54, 1.807) is 0 Å². The molecule has 0 aromatic carbocycles. The number of aryl methyl sites for hydroxylation is 1. The molecule has 1 aliphatic heterocycles. The first-order valence-electron chi connectivity index (χ1n) is 8.55. The largest absolute Gasteiger partial charge is 0.314 e. The maximum absolute atomic E-state index is 4.28. The monoisotopic (exact) mass is 292 g/mol. The first-order valence-corrected chi connectivity index (χ1v) is 8.55. The van der Waals surface area contributed by atoms with Gasteiger partial charge in [0.1, 0.15) is 0 Å². The van der Waals surface area contributed by atoms with Gasteiger partial charge in [-0.2, -0.15) is 0 Å². The number of nitrogens with one attached hydrogen (secondary N) is 1. The van der Waals surface area contributed by atoms with Crippen LogP contribution in [0.2, 0.25) is 0 Å². The van der Waals surface area contributed by atoms with Crippen LogP contribution in [-0.2, 0) is 13.1 Å². The Balaban J connectivity index is 1.71. The van der Waals surface area contributed by atoms with Gasteiger partial charge in [0.2, 0.25) is 0 Å². The van der Waals surface area contributed by atoms with E-state index in [1.165, 1.54) is 38.5 Å². The highest BCUT2D eigenvalue weighted by molar-refractivity contribution is 4.99. The lowest BCUT2D eigenvalue weighted by atomic mass is 9.79. The molecule has 2 aliphatic rings. The Labute approximate surface area is 127 Å². The zero-order chi connectivity index (χ0) is 14.5. The summed E-state index contributed by atoms with van der Waals surface area (Å²) >= 11 is 0. The van der Waals surface area contributed by atoms with Crippen molar-refractivity contribution in [2.24, 2.45) is 0 Å². The van der Waals surface area contributed by atoms with E-state index >= 15 is 0 Å². The number of aromatic nitrogens is 4. The first kappa shape index (κ1) is 14.9. The number of tetrazole rings is 1. The lowest BCUT2D eigenvalue weighted by molar-refractivity contribution is 0.0178. The molecule has 0 atom stereocenters. The molecule has 3 rings (SSSR count). The van der Waals surface area contributed by atoms with E-state index in [1.807, 2.05) is 4.68 Å². The molecule has 1 aromatic rings. The summed E-state index contributed by atoms with van der Waals surface area (Å²) in [7, 11) is 0. The number of rotatable bonds is 5. The lowest BCUT2D eigenvalue weighted by Gasteiger charge is -2.49. The summed E-state index contributed by atoms with van der Waals surface area (Å²) in [5, 5.41) is 15.9. The van der Waals surface area contributed by atoms with Gasteiger partial charge in [-0.15, -0.1) is 5.10 Å². The van der Waals surface area contributed by atoms with Crippen LogP contribution >= 0.6 is 0 Å². The van der Waals surface area contributed by atoms with E-state index in [0.717, 1.165) is 45.0 Å². The van der Waals surface area contributed by atoms with Gasteiger partial charge >= 0.3 is 0 Å². The molecule has 1 aliphatic carbocycles. The molecular weight excluding hydrogens is 264 g/mol. The van der Waals surface area contributed by atoms with E-state index in [9.17, 15) is 0 Å². The van der Waals surface area contributed by atoms with Crippen LogP contribution in [0, 0.1) is 0 Å². The van der Waals surface area contributed by atoms with Crippen molar-refractivity contribution in [3.8, 4) is 0 Å². The van der Waals surface area contributed by atoms with Gasteiger partial charge in [-0.3, -0.25) is 4.90 Å². The molecule has 0 bridgehead atoms. The van der Waals surface area contributed by atoms with Gasteiger partial charge in [-0.25, -0.2) is 4.68 Å². The predicted molar refractivity (Wildman–Crippen MR) is 81.8 cm³/mol. The molecule has 0 radical (unpaired) electrons. The Morgan fingerprint density at radius 2 is 2.10 bits per heavy atom. The van der Waals surface area contributed by atoms with Crippen LogP contribution in [0.25, 0.3) is 0 Å². The Bertz CT molecular complexity index is 429. The Kier molecular flexibility index (Phi) is 4.85. The van der Waals surface area contributed by atoms with Crippen molar-refractivity contribution in [2.75, 3.05) is 19.6 Å². The maximum atomic E-state index is 4.28. The number of nitrogens with zero attached hydrogens (tertiary/aromatic N) is 5. The van der Waals surface area contributed by atoms with Gasteiger partial charge in [-0.1, -0.05) is 32.6 Å². The molecule has 1 N–H and O–H groups in total. The van der Waals surface area contributed by atoms with Crippen LogP contribution in [0.4, 0.5) is 0 Å². The van der Waals surface area contributed by atoms with Gasteiger partial charge < -0.3 is 5.32 Å². The molecule has 2 fully saturated rings. The molecular formula is C15H28N6. The smallest absolute Gasteiger partial charge is 0.165 e. The normalized spacial score (nSPS) is 22.7. The second kappa shape index (κ2) is 6.83. The lowest BCUT2D eigenvalue weighted by Crippen LogP contribution is -2.61. The maximum Gasteiger partial charge on any atom is 0.165 e. The van der Waals surface area contributed by atoms with Crippen LogP contribution in [0.1, 0.15) is 57.7 Å². The molecule has 1 saturated carbocycles. The molecule has 21 heavy (non-hydrogen) atoms.